The molecule has 0 saturated heterocycles. The Labute approximate surface area is 201 Å². The Hall–Kier alpha value is -1.82. The zero-order valence-electron chi connectivity index (χ0n) is 18.6. The van der Waals surface area contributed by atoms with E-state index in [1.54, 1.807) is 36.4 Å². The van der Waals surface area contributed by atoms with Crippen LogP contribution in [0.4, 0.5) is 5.69 Å². The summed E-state index contributed by atoms with van der Waals surface area (Å²) >= 11 is 0. The van der Waals surface area contributed by atoms with Gasteiger partial charge in [0.05, 0.1) is 17.7 Å². The Morgan fingerprint density at radius 2 is 1.57 bits per heavy atom. The fraction of sp³-hybridized carbons (Fsp3) is 0.417. The number of carbonyl (C=O) groups excluding carboxylic acids is 2. The van der Waals surface area contributed by atoms with E-state index in [9.17, 15) is 14.7 Å². The quantitative estimate of drug-likeness (QED) is 0.244. The minimum absolute atomic E-state index is 0. The summed E-state index contributed by atoms with van der Waals surface area (Å²) in [7, 11) is 0. The number of hydrogen-bond acceptors (Lipinski definition) is 5. The number of unbranched alkanes of at least 4 members (excludes halogenated alkanes) is 3. The van der Waals surface area contributed by atoms with E-state index in [4.69, 9.17) is 4.74 Å². The van der Waals surface area contributed by atoms with Gasteiger partial charge in [-0.15, -0.1) is 0 Å². The van der Waals surface area contributed by atoms with Crippen LogP contribution in [-0.4, -0.2) is 66.1 Å². The van der Waals surface area contributed by atoms with E-state index in [-0.39, 0.29) is 52.0 Å². The van der Waals surface area contributed by atoms with Gasteiger partial charge in [0.25, 0.3) is 0 Å². The number of rotatable bonds is 11. The first-order valence-corrected chi connectivity index (χ1v) is 10.4. The number of ketones is 1. The summed E-state index contributed by atoms with van der Waals surface area (Å²) in [4.78, 5) is 27.6. The van der Waals surface area contributed by atoms with Crippen LogP contribution in [0.2, 0.25) is 0 Å². The standard InChI is InChI=1S/C24H31NO4.Na/c1-4-7-8-11-16-29-24(28)20-13-10-9-12-19(20)23(27)21-15-14-18(17-22(21)26)25(5-2)6-3;/h9-10,12-15,17,26H,4-8,11,16H2,1-3H3;. The van der Waals surface area contributed by atoms with Gasteiger partial charge in [0.15, 0.2) is 5.78 Å². The van der Waals surface area contributed by atoms with Crippen LogP contribution < -0.4 is 4.90 Å². The molecule has 0 aliphatic heterocycles. The van der Waals surface area contributed by atoms with Crippen molar-refractivity contribution in [3.05, 3.63) is 59.2 Å². The van der Waals surface area contributed by atoms with Gasteiger partial charge in [-0.25, -0.2) is 4.79 Å². The maximum absolute atomic E-state index is 13.0. The molecule has 2 aromatic rings. The van der Waals surface area contributed by atoms with Gasteiger partial charge in [-0.2, -0.15) is 0 Å². The normalized spacial score (nSPS) is 10.2. The molecule has 0 amide bonds. The van der Waals surface area contributed by atoms with Crippen molar-refractivity contribution >= 4 is 47.0 Å². The third-order valence-corrected chi connectivity index (χ3v) is 4.98. The number of anilines is 1. The summed E-state index contributed by atoms with van der Waals surface area (Å²) in [5, 5.41) is 10.5. The number of aromatic hydroxyl groups is 1. The Morgan fingerprint density at radius 3 is 2.17 bits per heavy atom. The summed E-state index contributed by atoms with van der Waals surface area (Å²) < 4.78 is 5.35. The Balaban J connectivity index is 0.00000450. The molecule has 0 aromatic heterocycles. The second-order valence-corrected chi connectivity index (χ2v) is 6.95. The van der Waals surface area contributed by atoms with Crippen LogP contribution in [0.15, 0.2) is 42.5 Å². The van der Waals surface area contributed by atoms with Crippen LogP contribution in [0.3, 0.4) is 0 Å². The topological polar surface area (TPSA) is 66.8 Å². The molecular formula is C24H31NNaO4. The van der Waals surface area contributed by atoms with Crippen LogP contribution in [0.25, 0.3) is 0 Å². The SMILES string of the molecule is CCCCCCOC(=O)c1ccccc1C(=O)c1ccc(N(CC)CC)cc1O.[Na]. The first-order valence-electron chi connectivity index (χ1n) is 10.4. The summed E-state index contributed by atoms with van der Waals surface area (Å²) in [6.07, 6.45) is 4.04. The molecule has 0 aliphatic rings. The van der Waals surface area contributed by atoms with E-state index in [0.717, 1.165) is 44.5 Å². The van der Waals surface area contributed by atoms with E-state index < -0.39 is 11.8 Å². The molecule has 6 heteroatoms. The number of benzene rings is 2. The zero-order valence-corrected chi connectivity index (χ0v) is 20.6. The predicted molar refractivity (Wildman–Crippen MR) is 122 cm³/mol. The molecule has 0 saturated carbocycles. The second kappa shape index (κ2) is 13.5. The summed E-state index contributed by atoms with van der Waals surface area (Å²) in [5.74, 6) is -1.00. The number of ether oxygens (including phenoxy) is 1. The maximum Gasteiger partial charge on any atom is 0.338 e. The monoisotopic (exact) mass is 420 g/mol. The first kappa shape index (κ1) is 26.2. The molecule has 0 bridgehead atoms. The zero-order chi connectivity index (χ0) is 21.2. The van der Waals surface area contributed by atoms with Crippen LogP contribution in [-0.2, 0) is 4.74 Å². The molecule has 0 fully saturated rings. The molecule has 0 spiro atoms. The fourth-order valence-corrected chi connectivity index (χ4v) is 3.27. The number of esters is 1. The van der Waals surface area contributed by atoms with Gasteiger partial charge in [0.1, 0.15) is 5.75 Å². The molecule has 30 heavy (non-hydrogen) atoms. The van der Waals surface area contributed by atoms with Crippen molar-refractivity contribution in [2.24, 2.45) is 0 Å². The average Bonchev–Trinajstić information content (AvgIpc) is 2.74. The van der Waals surface area contributed by atoms with Gasteiger partial charge in [-0.3, -0.25) is 4.79 Å². The summed E-state index contributed by atoms with van der Waals surface area (Å²) in [6, 6.07) is 11.6. The predicted octanol–water partition coefficient (Wildman–Crippen LogP) is 4.83. The third-order valence-electron chi connectivity index (χ3n) is 4.98. The number of nitrogens with zero attached hydrogens (tertiary/aromatic N) is 1. The van der Waals surface area contributed by atoms with Gasteiger partial charge in [-0.05, 0) is 38.5 Å². The molecule has 0 unspecified atom stereocenters. The minimum atomic E-state index is -0.510. The molecule has 0 heterocycles. The smallest absolute Gasteiger partial charge is 0.338 e. The Morgan fingerprint density at radius 1 is 0.900 bits per heavy atom. The van der Waals surface area contributed by atoms with Gasteiger partial charge in [-0.1, -0.05) is 44.4 Å². The van der Waals surface area contributed by atoms with Crippen molar-refractivity contribution in [2.75, 3.05) is 24.6 Å². The van der Waals surface area contributed by atoms with Crippen molar-refractivity contribution in [1.29, 1.82) is 0 Å². The van der Waals surface area contributed by atoms with E-state index >= 15 is 0 Å². The Kier molecular flexibility index (Phi) is 11.8. The van der Waals surface area contributed by atoms with Crippen LogP contribution in [0, 0.1) is 0 Å². The van der Waals surface area contributed by atoms with E-state index in [1.807, 2.05) is 19.9 Å². The van der Waals surface area contributed by atoms with Crippen LogP contribution >= 0.6 is 0 Å². The molecule has 2 rings (SSSR count). The van der Waals surface area contributed by atoms with Crippen molar-refractivity contribution in [1.82, 2.24) is 0 Å². The summed E-state index contributed by atoms with van der Waals surface area (Å²) in [6.45, 7) is 8.13. The van der Waals surface area contributed by atoms with Crippen LogP contribution in [0.1, 0.15) is 72.7 Å². The molecule has 1 radical (unpaired) electrons. The molecule has 1 N–H and O–H groups in total. The van der Waals surface area contributed by atoms with Crippen molar-refractivity contribution < 1.29 is 19.4 Å². The van der Waals surface area contributed by atoms with E-state index in [2.05, 4.69) is 11.8 Å². The largest absolute Gasteiger partial charge is 0.507 e. The van der Waals surface area contributed by atoms with Crippen LogP contribution in [0.5, 0.6) is 5.75 Å². The fourth-order valence-electron chi connectivity index (χ4n) is 3.27. The van der Waals surface area contributed by atoms with Crippen molar-refractivity contribution in [2.45, 2.75) is 46.5 Å². The Bertz CT molecular complexity index is 834. The van der Waals surface area contributed by atoms with Gasteiger partial charge in [0.2, 0.25) is 0 Å². The van der Waals surface area contributed by atoms with E-state index in [1.165, 1.54) is 0 Å². The van der Waals surface area contributed by atoms with Crippen molar-refractivity contribution in [3.8, 4) is 5.75 Å². The minimum Gasteiger partial charge on any atom is -0.507 e. The second-order valence-electron chi connectivity index (χ2n) is 6.95. The molecular weight excluding hydrogens is 389 g/mol. The molecule has 0 atom stereocenters. The summed E-state index contributed by atoms with van der Waals surface area (Å²) in [5.41, 5.74) is 1.48. The molecule has 0 aliphatic carbocycles. The first-order chi connectivity index (χ1) is 14.0. The maximum atomic E-state index is 13.0. The number of phenolic OH excluding ortho intramolecular Hbond substituents is 1. The van der Waals surface area contributed by atoms with Crippen molar-refractivity contribution in [3.63, 3.8) is 0 Å². The molecule has 157 valence electrons. The third kappa shape index (κ3) is 6.86. The molecule has 5 nitrogen and oxygen atoms in total. The number of carbonyl (C=O) groups is 2. The van der Waals surface area contributed by atoms with Gasteiger partial charge in [0, 0.05) is 60.0 Å². The van der Waals surface area contributed by atoms with Gasteiger partial charge < -0.3 is 14.7 Å². The molecule has 2 aromatic carbocycles. The van der Waals surface area contributed by atoms with Gasteiger partial charge >= 0.3 is 5.97 Å². The number of phenols is 1. The van der Waals surface area contributed by atoms with E-state index in [0.29, 0.717) is 6.61 Å². The average molecular weight is 421 g/mol. The number of hydrogen-bond donors (Lipinski definition) is 1.